The van der Waals surface area contributed by atoms with Crippen molar-refractivity contribution in [3.05, 3.63) is 59.4 Å². The molecule has 0 heterocycles. The van der Waals surface area contributed by atoms with Crippen LogP contribution in [0.5, 0.6) is 5.75 Å². The van der Waals surface area contributed by atoms with E-state index in [-0.39, 0.29) is 16.8 Å². The fraction of sp³-hybridized carbons (Fsp3) is 0.211. The minimum absolute atomic E-state index is 0.0720. The molecule has 1 amide bonds. The normalized spacial score (nSPS) is 11.3. The first kappa shape index (κ1) is 19.9. The third kappa shape index (κ3) is 5.27. The van der Waals surface area contributed by atoms with Crippen molar-refractivity contribution in [3.63, 3.8) is 0 Å². The Labute approximate surface area is 155 Å². The van der Waals surface area contributed by atoms with Crippen molar-refractivity contribution in [1.82, 2.24) is 0 Å². The second-order valence-corrected chi connectivity index (χ2v) is 5.49. The summed E-state index contributed by atoms with van der Waals surface area (Å²) in [7, 11) is 2.40. The van der Waals surface area contributed by atoms with E-state index in [4.69, 9.17) is 4.74 Å². The maximum absolute atomic E-state index is 12.9. The van der Waals surface area contributed by atoms with Crippen LogP contribution >= 0.6 is 0 Å². The molecule has 142 valence electrons. The van der Waals surface area contributed by atoms with E-state index in [9.17, 15) is 18.8 Å². The summed E-state index contributed by atoms with van der Waals surface area (Å²) in [5.74, 6) is -1.98. The molecular formula is C19H18FNO6. The van der Waals surface area contributed by atoms with E-state index < -0.39 is 29.8 Å². The van der Waals surface area contributed by atoms with E-state index in [0.29, 0.717) is 5.75 Å². The van der Waals surface area contributed by atoms with Crippen LogP contribution in [-0.4, -0.2) is 38.2 Å². The molecule has 7 nitrogen and oxygen atoms in total. The molecular weight excluding hydrogens is 357 g/mol. The van der Waals surface area contributed by atoms with E-state index in [1.165, 1.54) is 63.6 Å². The van der Waals surface area contributed by atoms with Crippen LogP contribution in [0.3, 0.4) is 0 Å². The highest BCUT2D eigenvalue weighted by Gasteiger charge is 2.18. The molecule has 0 aliphatic rings. The third-order valence-corrected chi connectivity index (χ3v) is 3.54. The molecule has 1 unspecified atom stereocenters. The van der Waals surface area contributed by atoms with Gasteiger partial charge in [-0.15, -0.1) is 0 Å². The maximum Gasteiger partial charge on any atom is 0.337 e. The van der Waals surface area contributed by atoms with Gasteiger partial charge >= 0.3 is 11.9 Å². The van der Waals surface area contributed by atoms with Gasteiger partial charge in [-0.25, -0.2) is 14.0 Å². The number of esters is 2. The number of rotatable bonds is 6. The summed E-state index contributed by atoms with van der Waals surface area (Å²) in [6.07, 6.45) is -0.918. The van der Waals surface area contributed by atoms with Crippen molar-refractivity contribution in [2.24, 2.45) is 0 Å². The lowest BCUT2D eigenvalue weighted by molar-refractivity contribution is -0.122. The number of anilines is 1. The summed E-state index contributed by atoms with van der Waals surface area (Å²) in [4.78, 5) is 35.9. The number of nitrogens with one attached hydrogen (secondary N) is 1. The average Bonchev–Trinajstić information content (AvgIpc) is 2.67. The van der Waals surface area contributed by atoms with Crippen molar-refractivity contribution in [2.75, 3.05) is 19.5 Å². The first-order valence-corrected chi connectivity index (χ1v) is 7.89. The Morgan fingerprint density at radius 3 is 1.93 bits per heavy atom. The Kier molecular flexibility index (Phi) is 6.48. The zero-order chi connectivity index (χ0) is 20.0. The number of amides is 1. The smallest absolute Gasteiger partial charge is 0.337 e. The SMILES string of the molecule is COC(=O)c1cc(NC(=O)C(C)Oc2ccc(F)cc2)cc(C(=O)OC)c1. The van der Waals surface area contributed by atoms with E-state index in [1.54, 1.807) is 0 Å². The molecule has 0 saturated heterocycles. The van der Waals surface area contributed by atoms with Crippen LogP contribution in [0.1, 0.15) is 27.6 Å². The summed E-state index contributed by atoms with van der Waals surface area (Å²) in [6.45, 7) is 1.50. The molecule has 0 saturated carbocycles. The number of benzene rings is 2. The summed E-state index contributed by atoms with van der Waals surface area (Å²) in [6, 6.07) is 9.23. The molecule has 0 fully saturated rings. The van der Waals surface area contributed by atoms with Crippen LogP contribution in [0.25, 0.3) is 0 Å². The lowest BCUT2D eigenvalue weighted by Crippen LogP contribution is -2.30. The summed E-state index contributed by atoms with van der Waals surface area (Å²) in [5, 5.41) is 2.56. The van der Waals surface area contributed by atoms with Gasteiger partial charge in [0.15, 0.2) is 6.10 Å². The third-order valence-electron chi connectivity index (χ3n) is 3.54. The molecule has 2 rings (SSSR count). The van der Waals surface area contributed by atoms with E-state index in [0.717, 1.165) is 0 Å². The monoisotopic (exact) mass is 375 g/mol. The summed E-state index contributed by atoms with van der Waals surface area (Å²) in [5.41, 5.74) is 0.337. The minimum Gasteiger partial charge on any atom is -0.481 e. The fourth-order valence-electron chi connectivity index (χ4n) is 2.19. The van der Waals surface area contributed by atoms with Crippen LogP contribution in [0.2, 0.25) is 0 Å². The average molecular weight is 375 g/mol. The molecule has 27 heavy (non-hydrogen) atoms. The molecule has 1 atom stereocenters. The highest BCUT2D eigenvalue weighted by Crippen LogP contribution is 2.18. The topological polar surface area (TPSA) is 90.9 Å². The zero-order valence-corrected chi connectivity index (χ0v) is 14.9. The van der Waals surface area contributed by atoms with Crippen LogP contribution in [-0.2, 0) is 14.3 Å². The van der Waals surface area contributed by atoms with Crippen LogP contribution in [0.15, 0.2) is 42.5 Å². The van der Waals surface area contributed by atoms with Crippen molar-refractivity contribution in [1.29, 1.82) is 0 Å². The Morgan fingerprint density at radius 1 is 0.926 bits per heavy atom. The number of hydrogen-bond donors (Lipinski definition) is 1. The van der Waals surface area contributed by atoms with Gasteiger partial charge in [0.1, 0.15) is 11.6 Å². The van der Waals surface area contributed by atoms with Crippen molar-refractivity contribution in [3.8, 4) is 5.75 Å². The second kappa shape index (κ2) is 8.79. The quantitative estimate of drug-likeness (QED) is 0.781. The van der Waals surface area contributed by atoms with Crippen molar-refractivity contribution >= 4 is 23.5 Å². The predicted molar refractivity (Wildman–Crippen MR) is 94.2 cm³/mol. The van der Waals surface area contributed by atoms with Gasteiger partial charge in [-0.3, -0.25) is 4.79 Å². The molecule has 0 spiro atoms. The standard InChI is InChI=1S/C19H18FNO6/c1-11(27-16-6-4-14(20)5-7-16)17(22)21-15-9-12(18(23)25-2)8-13(10-15)19(24)26-3/h4-11H,1-3H3,(H,21,22). The summed E-state index contributed by atoms with van der Waals surface area (Å²) >= 11 is 0. The molecule has 2 aromatic carbocycles. The highest BCUT2D eigenvalue weighted by molar-refractivity contribution is 6.00. The van der Waals surface area contributed by atoms with E-state index in [1.807, 2.05) is 0 Å². The van der Waals surface area contributed by atoms with E-state index in [2.05, 4.69) is 14.8 Å². The molecule has 0 bridgehead atoms. The zero-order valence-electron chi connectivity index (χ0n) is 14.9. The first-order chi connectivity index (χ1) is 12.8. The molecule has 2 aromatic rings. The minimum atomic E-state index is -0.918. The maximum atomic E-state index is 12.9. The predicted octanol–water partition coefficient (Wildman–Crippen LogP) is 2.80. The van der Waals surface area contributed by atoms with Crippen LogP contribution in [0.4, 0.5) is 10.1 Å². The number of carbonyl (C=O) groups is 3. The van der Waals surface area contributed by atoms with Gasteiger partial charge < -0.3 is 19.5 Å². The van der Waals surface area contributed by atoms with Gasteiger partial charge in [0, 0.05) is 5.69 Å². The van der Waals surface area contributed by atoms with Crippen LogP contribution in [0, 0.1) is 5.82 Å². The van der Waals surface area contributed by atoms with Crippen molar-refractivity contribution < 1.29 is 33.0 Å². The van der Waals surface area contributed by atoms with Gasteiger partial charge in [-0.1, -0.05) is 0 Å². The largest absolute Gasteiger partial charge is 0.481 e. The van der Waals surface area contributed by atoms with Gasteiger partial charge in [-0.2, -0.15) is 0 Å². The Hall–Kier alpha value is -3.42. The fourth-order valence-corrected chi connectivity index (χ4v) is 2.19. The molecule has 0 aromatic heterocycles. The summed E-state index contributed by atoms with van der Waals surface area (Å²) < 4.78 is 27.6. The molecule has 0 radical (unpaired) electrons. The second-order valence-electron chi connectivity index (χ2n) is 5.49. The Balaban J connectivity index is 2.18. The van der Waals surface area contributed by atoms with Gasteiger partial charge in [-0.05, 0) is 49.4 Å². The Bertz CT molecular complexity index is 816. The first-order valence-electron chi connectivity index (χ1n) is 7.89. The number of carbonyl (C=O) groups excluding carboxylic acids is 3. The van der Waals surface area contributed by atoms with Gasteiger partial charge in [0.25, 0.3) is 5.91 Å². The van der Waals surface area contributed by atoms with Gasteiger partial charge in [0.2, 0.25) is 0 Å². The van der Waals surface area contributed by atoms with E-state index >= 15 is 0 Å². The number of ether oxygens (including phenoxy) is 3. The molecule has 1 N–H and O–H groups in total. The van der Waals surface area contributed by atoms with Crippen LogP contribution < -0.4 is 10.1 Å². The Morgan fingerprint density at radius 2 is 1.44 bits per heavy atom. The number of methoxy groups -OCH3 is 2. The molecule has 0 aliphatic heterocycles. The van der Waals surface area contributed by atoms with Crippen molar-refractivity contribution in [2.45, 2.75) is 13.0 Å². The number of halogens is 1. The highest BCUT2D eigenvalue weighted by atomic mass is 19.1. The molecule has 0 aliphatic carbocycles. The van der Waals surface area contributed by atoms with Gasteiger partial charge in [0.05, 0.1) is 25.3 Å². The lowest BCUT2D eigenvalue weighted by atomic mass is 10.1. The lowest BCUT2D eigenvalue weighted by Gasteiger charge is -2.15. The molecule has 8 heteroatoms. The number of hydrogen-bond acceptors (Lipinski definition) is 6.